The monoisotopic (exact) mass is 526 g/mol. The van der Waals surface area contributed by atoms with Gasteiger partial charge in [0, 0.05) is 34.4 Å². The van der Waals surface area contributed by atoms with E-state index in [4.69, 9.17) is 27.2 Å². The third-order valence-electron chi connectivity index (χ3n) is 6.53. The molecule has 1 aliphatic carbocycles. The number of fused-ring (bicyclic) bond motifs is 3. The molecule has 36 heavy (non-hydrogen) atoms. The number of carbonyl (C=O) groups is 2. The van der Waals surface area contributed by atoms with Crippen LogP contribution in [0.15, 0.2) is 29.3 Å². The number of nitrogen functional groups attached to an aromatic ring is 1. The Bertz CT molecular complexity index is 1350. The molecule has 3 aromatic heterocycles. The summed E-state index contributed by atoms with van der Waals surface area (Å²) in [5, 5.41) is 11.3. The van der Waals surface area contributed by atoms with Crippen LogP contribution in [0.3, 0.4) is 0 Å². The number of hydrogen-bond acceptors (Lipinski definition) is 6. The fourth-order valence-corrected chi connectivity index (χ4v) is 5.37. The topological polar surface area (TPSA) is 156 Å². The molecule has 1 aliphatic heterocycles. The summed E-state index contributed by atoms with van der Waals surface area (Å²) in [5.74, 6) is -3.14. The molecule has 1 saturated carbocycles. The molecule has 14 heteroatoms. The number of aromatic amines is 1. The summed E-state index contributed by atoms with van der Waals surface area (Å²) in [6, 6.07) is 3.20. The normalized spacial score (nSPS) is 18.1. The lowest BCUT2D eigenvalue weighted by Crippen LogP contribution is -2.36. The minimum atomic E-state index is -5.08. The number of nitrogens with one attached hydrogen (secondary N) is 2. The van der Waals surface area contributed by atoms with Gasteiger partial charge in [0.1, 0.15) is 6.04 Å². The molecule has 0 aromatic carbocycles. The Kier molecular flexibility index (Phi) is 6.69. The third-order valence-corrected chi connectivity index (χ3v) is 6.79. The van der Waals surface area contributed by atoms with Gasteiger partial charge in [0.05, 0.1) is 12.2 Å². The Balaban J connectivity index is 0.000000384. The lowest BCUT2D eigenvalue weighted by atomic mass is 9.80. The lowest BCUT2D eigenvalue weighted by Gasteiger charge is -2.23. The van der Waals surface area contributed by atoms with Crippen LogP contribution in [0.5, 0.6) is 0 Å². The van der Waals surface area contributed by atoms with Crippen molar-refractivity contribution in [2.75, 3.05) is 5.73 Å². The molecule has 0 radical (unpaired) electrons. The van der Waals surface area contributed by atoms with Crippen LogP contribution in [0.4, 0.5) is 19.0 Å². The van der Waals surface area contributed by atoms with Gasteiger partial charge in [0.15, 0.2) is 11.0 Å². The highest BCUT2D eigenvalue weighted by Gasteiger charge is 2.50. The summed E-state index contributed by atoms with van der Waals surface area (Å²) in [5.41, 5.74) is 7.57. The van der Waals surface area contributed by atoms with Crippen LogP contribution in [0.25, 0.3) is 10.9 Å². The second kappa shape index (κ2) is 9.45. The molecular weight excluding hydrogens is 505 g/mol. The Morgan fingerprint density at radius 1 is 1.33 bits per heavy atom. The van der Waals surface area contributed by atoms with Crippen LogP contribution < -0.4 is 16.6 Å². The number of amides is 1. The second-order valence-corrected chi connectivity index (χ2v) is 9.16. The first-order valence-electron chi connectivity index (χ1n) is 11.0. The van der Waals surface area contributed by atoms with E-state index in [1.165, 1.54) is 4.57 Å². The van der Waals surface area contributed by atoms with E-state index >= 15 is 0 Å². The number of aromatic nitrogens is 4. The number of nitrogens with two attached hydrogens (primary N) is 1. The van der Waals surface area contributed by atoms with Crippen molar-refractivity contribution in [2.45, 2.75) is 56.3 Å². The Hall–Kier alpha value is -3.61. The standard InChI is InChI=1S/C20H21ClN6O2.C2HF3O2/c21-16-15-20(4-1-2-5-20)8-14(27(15)19(29)17(22)26-16)18(28)24-10-12-7-11-9-23-6-3-13(11)25-12;3-2(4,5)1(6)7/h3,6-7,9,14,25H,1-2,4-5,8,10H2,(H2,22,26)(H,24,28);(H,6,7)/t14-;/m0./s1. The van der Waals surface area contributed by atoms with Crippen LogP contribution >= 0.6 is 11.6 Å². The Morgan fingerprint density at radius 3 is 2.61 bits per heavy atom. The van der Waals surface area contributed by atoms with E-state index in [0.29, 0.717) is 18.7 Å². The van der Waals surface area contributed by atoms with Crippen LogP contribution in [0.2, 0.25) is 5.15 Å². The van der Waals surface area contributed by atoms with E-state index in [-0.39, 0.29) is 22.3 Å². The van der Waals surface area contributed by atoms with Crippen LogP contribution in [0.1, 0.15) is 49.5 Å². The maximum atomic E-state index is 13.1. The highest BCUT2D eigenvalue weighted by atomic mass is 35.5. The molecule has 0 bridgehead atoms. The van der Waals surface area contributed by atoms with Crippen molar-refractivity contribution in [3.63, 3.8) is 0 Å². The van der Waals surface area contributed by atoms with Gasteiger partial charge in [-0.1, -0.05) is 24.4 Å². The minimum Gasteiger partial charge on any atom is -0.475 e. The van der Waals surface area contributed by atoms with Crippen molar-refractivity contribution < 1.29 is 27.9 Å². The minimum absolute atomic E-state index is 0.172. The maximum absolute atomic E-state index is 13.1. The highest BCUT2D eigenvalue weighted by molar-refractivity contribution is 6.30. The number of H-pyrrole nitrogens is 1. The van der Waals surface area contributed by atoms with Crippen molar-refractivity contribution in [2.24, 2.45) is 0 Å². The zero-order valence-electron chi connectivity index (χ0n) is 18.7. The quantitative estimate of drug-likeness (QED) is 0.408. The van der Waals surface area contributed by atoms with Crippen LogP contribution in [-0.4, -0.2) is 42.7 Å². The molecule has 2 aliphatic rings. The van der Waals surface area contributed by atoms with E-state index in [1.54, 1.807) is 12.4 Å². The molecule has 0 saturated heterocycles. The number of carboxylic acids is 1. The van der Waals surface area contributed by atoms with E-state index in [9.17, 15) is 22.8 Å². The number of alkyl halides is 3. The van der Waals surface area contributed by atoms with Crippen molar-refractivity contribution in [3.05, 3.63) is 51.4 Å². The summed E-state index contributed by atoms with van der Waals surface area (Å²) in [4.78, 5) is 46.2. The van der Waals surface area contributed by atoms with Crippen LogP contribution in [-0.2, 0) is 21.5 Å². The van der Waals surface area contributed by atoms with Gasteiger partial charge < -0.3 is 21.1 Å². The Morgan fingerprint density at radius 2 is 2.00 bits per heavy atom. The summed E-state index contributed by atoms with van der Waals surface area (Å²) in [7, 11) is 0. The zero-order chi connectivity index (χ0) is 26.3. The predicted molar refractivity (Wildman–Crippen MR) is 123 cm³/mol. The first kappa shape index (κ1) is 25.5. The summed E-state index contributed by atoms with van der Waals surface area (Å²) in [6.07, 6.45) is 2.85. The van der Waals surface area contributed by atoms with Gasteiger partial charge in [-0.3, -0.25) is 19.1 Å². The molecule has 1 fully saturated rings. The zero-order valence-corrected chi connectivity index (χ0v) is 19.5. The number of carbonyl (C=O) groups excluding carboxylic acids is 1. The molecule has 4 heterocycles. The van der Waals surface area contributed by atoms with Crippen molar-refractivity contribution in [1.29, 1.82) is 0 Å². The lowest BCUT2D eigenvalue weighted by molar-refractivity contribution is -0.192. The molecule has 5 rings (SSSR count). The van der Waals surface area contributed by atoms with Gasteiger partial charge in [-0.25, -0.2) is 9.78 Å². The fourth-order valence-electron chi connectivity index (χ4n) is 4.99. The molecule has 5 N–H and O–H groups in total. The highest BCUT2D eigenvalue weighted by Crippen LogP contribution is 2.52. The number of rotatable bonds is 3. The SMILES string of the molecule is Nc1nc(Cl)c2n(c1=O)[C@H](C(=O)NCc1cc3cnccc3[nH]1)CC21CCCC1.O=C(O)C(F)(F)F. The van der Waals surface area contributed by atoms with Gasteiger partial charge in [0.2, 0.25) is 5.91 Å². The van der Waals surface area contributed by atoms with Gasteiger partial charge in [-0.2, -0.15) is 13.2 Å². The Labute approximate surface area is 206 Å². The molecule has 3 aromatic rings. The third kappa shape index (κ3) is 4.74. The molecule has 1 atom stereocenters. The molecule has 0 unspecified atom stereocenters. The van der Waals surface area contributed by atoms with Gasteiger partial charge in [-0.15, -0.1) is 0 Å². The number of pyridine rings is 1. The fraction of sp³-hybridized carbons (Fsp3) is 0.409. The van der Waals surface area contributed by atoms with Gasteiger partial charge in [0.25, 0.3) is 5.56 Å². The van der Waals surface area contributed by atoms with E-state index in [2.05, 4.69) is 20.3 Å². The van der Waals surface area contributed by atoms with Crippen molar-refractivity contribution in [3.8, 4) is 0 Å². The summed E-state index contributed by atoms with van der Waals surface area (Å²) in [6.45, 7) is 0.329. The van der Waals surface area contributed by atoms with Gasteiger partial charge >= 0.3 is 12.1 Å². The first-order chi connectivity index (χ1) is 16.9. The summed E-state index contributed by atoms with van der Waals surface area (Å²) >= 11 is 6.41. The molecule has 1 amide bonds. The average molecular weight is 527 g/mol. The smallest absolute Gasteiger partial charge is 0.475 e. The number of nitrogens with zero attached hydrogens (tertiary/aromatic N) is 3. The van der Waals surface area contributed by atoms with Crippen molar-refractivity contribution in [1.82, 2.24) is 24.8 Å². The number of carboxylic acid groups (broad SMARTS) is 1. The molecular formula is C22H22ClF3N6O4. The molecule has 1 spiro atoms. The van der Waals surface area contributed by atoms with Crippen molar-refractivity contribution >= 4 is 40.2 Å². The first-order valence-corrected chi connectivity index (χ1v) is 11.4. The largest absolute Gasteiger partial charge is 0.490 e. The summed E-state index contributed by atoms with van der Waals surface area (Å²) < 4.78 is 33.2. The number of anilines is 1. The van der Waals surface area contributed by atoms with Crippen LogP contribution in [0, 0.1) is 0 Å². The number of hydrogen-bond donors (Lipinski definition) is 4. The van der Waals surface area contributed by atoms with E-state index in [0.717, 1.165) is 42.3 Å². The van der Waals surface area contributed by atoms with E-state index in [1.807, 2.05) is 12.1 Å². The molecule has 192 valence electrons. The number of aliphatic carboxylic acids is 1. The predicted octanol–water partition coefficient (Wildman–Crippen LogP) is 3.06. The number of halogens is 4. The van der Waals surface area contributed by atoms with Gasteiger partial charge in [-0.05, 0) is 31.4 Å². The maximum Gasteiger partial charge on any atom is 0.490 e. The second-order valence-electron chi connectivity index (χ2n) is 8.80. The molecule has 10 nitrogen and oxygen atoms in total. The van der Waals surface area contributed by atoms with E-state index < -0.39 is 23.7 Å². The average Bonchev–Trinajstić information content (AvgIpc) is 3.53.